The van der Waals surface area contributed by atoms with Crippen molar-refractivity contribution in [2.45, 2.75) is 11.1 Å². The van der Waals surface area contributed by atoms with Crippen LogP contribution in [0.2, 0.25) is 0 Å². The maximum absolute atomic E-state index is 12.8. The Morgan fingerprint density at radius 1 is 0.906 bits per heavy atom. The number of anilines is 2. The number of methoxy groups -OCH3 is 1. The Bertz CT molecular complexity index is 1100. The van der Waals surface area contributed by atoms with Crippen LogP contribution in [0.1, 0.15) is 15.9 Å². The number of hydrogen-bond acceptors (Lipinski definition) is 4. The highest BCUT2D eigenvalue weighted by molar-refractivity contribution is 8.00. The van der Waals surface area contributed by atoms with Crippen molar-refractivity contribution < 1.29 is 27.5 Å². The van der Waals surface area contributed by atoms with Crippen LogP contribution in [0.15, 0.2) is 77.7 Å². The number of nitrogens with one attached hydrogen (secondary N) is 2. The molecule has 0 aliphatic heterocycles. The van der Waals surface area contributed by atoms with E-state index in [0.717, 1.165) is 17.0 Å². The molecule has 0 fully saturated rings. The standard InChI is InChI=1S/C23H19F3N2O3S/c1-31-19-7-2-4-15(12-19)22(30)28-17-8-10-20(11-9-17)32-14-21(29)27-18-6-3-5-16(13-18)23(24,25)26/h2-13H,14H2,1H3,(H,27,29)(H,28,30). The molecule has 0 atom stereocenters. The van der Waals surface area contributed by atoms with Crippen LogP contribution >= 0.6 is 11.8 Å². The third-order valence-electron chi connectivity index (χ3n) is 4.29. The molecule has 0 radical (unpaired) electrons. The van der Waals surface area contributed by atoms with Crippen LogP contribution in [-0.2, 0) is 11.0 Å². The number of carbonyl (C=O) groups is 2. The molecule has 3 aromatic rings. The largest absolute Gasteiger partial charge is 0.497 e. The van der Waals surface area contributed by atoms with Crippen LogP contribution in [0.3, 0.4) is 0 Å². The van der Waals surface area contributed by atoms with Crippen LogP contribution < -0.4 is 15.4 Å². The Balaban J connectivity index is 1.52. The number of alkyl halides is 3. The van der Waals surface area contributed by atoms with E-state index in [0.29, 0.717) is 17.0 Å². The van der Waals surface area contributed by atoms with E-state index in [-0.39, 0.29) is 17.3 Å². The zero-order valence-electron chi connectivity index (χ0n) is 16.9. The number of hydrogen-bond donors (Lipinski definition) is 2. The summed E-state index contributed by atoms with van der Waals surface area (Å²) < 4.78 is 43.4. The molecule has 0 heterocycles. The molecular formula is C23H19F3N2O3S. The maximum Gasteiger partial charge on any atom is 0.416 e. The summed E-state index contributed by atoms with van der Waals surface area (Å²) in [7, 11) is 1.52. The third-order valence-corrected chi connectivity index (χ3v) is 5.30. The quantitative estimate of drug-likeness (QED) is 0.444. The minimum atomic E-state index is -4.47. The van der Waals surface area contributed by atoms with Crippen LogP contribution in [0.25, 0.3) is 0 Å². The Kier molecular flexibility index (Phi) is 7.42. The molecule has 5 nitrogen and oxygen atoms in total. The summed E-state index contributed by atoms with van der Waals surface area (Å²) in [6.07, 6.45) is -4.47. The van der Waals surface area contributed by atoms with E-state index in [1.807, 2.05) is 0 Å². The summed E-state index contributed by atoms with van der Waals surface area (Å²) in [6, 6.07) is 18.1. The zero-order chi connectivity index (χ0) is 23.1. The fourth-order valence-electron chi connectivity index (χ4n) is 2.72. The van der Waals surface area contributed by atoms with E-state index in [1.165, 1.54) is 31.0 Å². The summed E-state index contributed by atoms with van der Waals surface area (Å²) in [5, 5.41) is 5.24. The molecule has 0 saturated heterocycles. The highest BCUT2D eigenvalue weighted by Crippen LogP contribution is 2.30. The van der Waals surface area contributed by atoms with Gasteiger partial charge in [-0.2, -0.15) is 13.2 Å². The normalized spacial score (nSPS) is 11.0. The zero-order valence-corrected chi connectivity index (χ0v) is 17.7. The van der Waals surface area contributed by atoms with Crippen molar-refractivity contribution in [2.24, 2.45) is 0 Å². The average Bonchev–Trinajstić information content (AvgIpc) is 2.78. The van der Waals surface area contributed by atoms with E-state index >= 15 is 0 Å². The van der Waals surface area contributed by atoms with Gasteiger partial charge in [0.05, 0.1) is 18.4 Å². The van der Waals surface area contributed by atoms with Crippen LogP contribution in [0, 0.1) is 0 Å². The molecule has 0 saturated carbocycles. The summed E-state index contributed by atoms with van der Waals surface area (Å²) in [4.78, 5) is 25.2. The summed E-state index contributed by atoms with van der Waals surface area (Å²) in [5.41, 5.74) is 0.292. The Morgan fingerprint density at radius 2 is 1.62 bits per heavy atom. The van der Waals surface area contributed by atoms with Crippen molar-refractivity contribution in [3.8, 4) is 5.75 Å². The minimum Gasteiger partial charge on any atom is -0.497 e. The van der Waals surface area contributed by atoms with Gasteiger partial charge in [-0.3, -0.25) is 9.59 Å². The van der Waals surface area contributed by atoms with Crippen molar-refractivity contribution >= 4 is 35.0 Å². The highest BCUT2D eigenvalue weighted by Gasteiger charge is 2.30. The van der Waals surface area contributed by atoms with Crippen LogP contribution in [0.5, 0.6) is 5.75 Å². The molecule has 3 rings (SSSR count). The van der Waals surface area contributed by atoms with Crippen molar-refractivity contribution in [1.29, 1.82) is 0 Å². The molecular weight excluding hydrogens is 441 g/mol. The van der Waals surface area contributed by atoms with Crippen LogP contribution in [-0.4, -0.2) is 24.7 Å². The van der Waals surface area contributed by atoms with Gasteiger partial charge in [0.1, 0.15) is 5.75 Å². The van der Waals surface area contributed by atoms with Gasteiger partial charge in [-0.05, 0) is 60.7 Å². The molecule has 32 heavy (non-hydrogen) atoms. The van der Waals surface area contributed by atoms with E-state index < -0.39 is 17.6 Å². The van der Waals surface area contributed by atoms with Gasteiger partial charge < -0.3 is 15.4 Å². The summed E-state index contributed by atoms with van der Waals surface area (Å²) in [5.74, 6) is -0.117. The molecule has 3 aromatic carbocycles. The molecule has 166 valence electrons. The molecule has 2 N–H and O–H groups in total. The van der Waals surface area contributed by atoms with Crippen molar-refractivity contribution in [3.05, 3.63) is 83.9 Å². The van der Waals surface area contributed by atoms with E-state index in [1.54, 1.807) is 48.5 Å². The smallest absolute Gasteiger partial charge is 0.416 e. The molecule has 0 aliphatic rings. The second kappa shape index (κ2) is 10.2. The van der Waals surface area contributed by atoms with Crippen molar-refractivity contribution in [2.75, 3.05) is 23.5 Å². The fraction of sp³-hybridized carbons (Fsp3) is 0.130. The lowest BCUT2D eigenvalue weighted by Crippen LogP contribution is -2.15. The first-order valence-electron chi connectivity index (χ1n) is 9.40. The first-order valence-corrected chi connectivity index (χ1v) is 10.4. The van der Waals surface area contributed by atoms with Crippen molar-refractivity contribution in [3.63, 3.8) is 0 Å². The predicted molar refractivity (Wildman–Crippen MR) is 118 cm³/mol. The van der Waals surface area contributed by atoms with Gasteiger partial charge in [0.2, 0.25) is 5.91 Å². The lowest BCUT2D eigenvalue weighted by molar-refractivity contribution is -0.137. The van der Waals surface area contributed by atoms with Gasteiger partial charge in [0.15, 0.2) is 0 Å². The van der Waals surface area contributed by atoms with Gasteiger partial charge in [-0.15, -0.1) is 11.8 Å². The van der Waals surface area contributed by atoms with E-state index in [2.05, 4.69) is 10.6 Å². The SMILES string of the molecule is COc1cccc(C(=O)Nc2ccc(SCC(=O)Nc3cccc(C(F)(F)F)c3)cc2)c1. The first-order chi connectivity index (χ1) is 15.2. The molecule has 0 unspecified atom stereocenters. The van der Waals surface area contributed by atoms with E-state index in [9.17, 15) is 22.8 Å². The average molecular weight is 460 g/mol. The third kappa shape index (κ3) is 6.52. The van der Waals surface area contributed by atoms with Gasteiger partial charge in [0.25, 0.3) is 5.91 Å². The molecule has 0 spiro atoms. The monoisotopic (exact) mass is 460 g/mol. The Morgan fingerprint density at radius 3 is 2.31 bits per heavy atom. The lowest BCUT2D eigenvalue weighted by Gasteiger charge is -2.10. The maximum atomic E-state index is 12.8. The predicted octanol–water partition coefficient (Wildman–Crippen LogP) is 5.70. The molecule has 9 heteroatoms. The Labute approximate surface area is 187 Å². The number of amides is 2. The molecule has 2 amide bonds. The Hall–Kier alpha value is -3.46. The second-order valence-corrected chi connectivity index (χ2v) is 7.67. The van der Waals surface area contributed by atoms with Crippen molar-refractivity contribution in [1.82, 2.24) is 0 Å². The molecule has 0 bridgehead atoms. The number of benzene rings is 3. The fourth-order valence-corrected chi connectivity index (χ4v) is 3.42. The summed E-state index contributed by atoms with van der Waals surface area (Å²) in [6.45, 7) is 0. The second-order valence-electron chi connectivity index (χ2n) is 6.63. The number of rotatable bonds is 7. The van der Waals surface area contributed by atoms with Gasteiger partial charge >= 0.3 is 6.18 Å². The highest BCUT2D eigenvalue weighted by atomic mass is 32.2. The van der Waals surface area contributed by atoms with E-state index in [4.69, 9.17) is 4.74 Å². The number of thioether (sulfide) groups is 1. The summed E-state index contributed by atoms with van der Waals surface area (Å²) >= 11 is 1.22. The van der Waals surface area contributed by atoms with Gasteiger partial charge in [-0.25, -0.2) is 0 Å². The number of ether oxygens (including phenoxy) is 1. The molecule has 0 aliphatic carbocycles. The lowest BCUT2D eigenvalue weighted by atomic mass is 10.2. The van der Waals surface area contributed by atoms with Gasteiger partial charge in [-0.1, -0.05) is 12.1 Å². The first kappa shape index (κ1) is 23.2. The minimum absolute atomic E-state index is 0.0196. The topological polar surface area (TPSA) is 67.4 Å². The van der Waals surface area contributed by atoms with Crippen LogP contribution in [0.4, 0.5) is 24.5 Å². The molecule has 0 aromatic heterocycles. The number of carbonyl (C=O) groups excluding carboxylic acids is 2. The van der Waals surface area contributed by atoms with Gasteiger partial charge in [0, 0.05) is 21.8 Å². The number of halogens is 3.